The number of amides is 2. The monoisotopic (exact) mass is 481 g/mol. The molecule has 2 aromatic carbocycles. The number of hydrogen-bond acceptors (Lipinski definition) is 4. The van der Waals surface area contributed by atoms with E-state index >= 15 is 0 Å². The van der Waals surface area contributed by atoms with Crippen LogP contribution in [0.3, 0.4) is 0 Å². The first-order chi connectivity index (χ1) is 15.6. The van der Waals surface area contributed by atoms with Gasteiger partial charge in [0, 0.05) is 41.7 Å². The summed E-state index contributed by atoms with van der Waals surface area (Å²) in [4.78, 5) is 28.1. The number of rotatable bonds is 6. The zero-order chi connectivity index (χ0) is 23.8. The van der Waals surface area contributed by atoms with Crippen LogP contribution in [0.4, 0.5) is 18.9 Å². The Morgan fingerprint density at radius 3 is 2.52 bits per heavy atom. The van der Waals surface area contributed by atoms with Crippen LogP contribution >= 0.6 is 11.6 Å². The molecule has 2 aliphatic rings. The van der Waals surface area contributed by atoms with Crippen molar-refractivity contribution in [1.29, 1.82) is 0 Å². The third kappa shape index (κ3) is 5.15. The number of nitrogens with zero attached hydrogens (tertiary/aromatic N) is 1. The predicted octanol–water partition coefficient (Wildman–Crippen LogP) is 3.19. The average molecular weight is 482 g/mol. The minimum absolute atomic E-state index is 0.0993. The Balaban J connectivity index is 1.76. The largest absolute Gasteiger partial charge is 0.392 e. The fourth-order valence-corrected chi connectivity index (χ4v) is 4.48. The summed E-state index contributed by atoms with van der Waals surface area (Å²) in [5, 5.41) is 15.6. The van der Waals surface area contributed by atoms with Crippen molar-refractivity contribution >= 4 is 29.1 Å². The van der Waals surface area contributed by atoms with Crippen LogP contribution in [0, 0.1) is 5.82 Å². The number of benzene rings is 2. The van der Waals surface area contributed by atoms with Crippen molar-refractivity contribution in [2.45, 2.75) is 49.4 Å². The number of hydrogen-bond donors (Lipinski definition) is 3. The highest BCUT2D eigenvalue weighted by Gasteiger charge is 2.47. The normalized spacial score (nSPS) is 22.9. The molecule has 33 heavy (non-hydrogen) atoms. The molecule has 3 atom stereocenters. The first kappa shape index (κ1) is 23.5. The van der Waals surface area contributed by atoms with Crippen LogP contribution < -0.4 is 15.5 Å². The molecule has 6 nitrogen and oxygen atoms in total. The summed E-state index contributed by atoms with van der Waals surface area (Å²) in [6, 6.07) is 8.63. The van der Waals surface area contributed by atoms with E-state index in [9.17, 15) is 27.9 Å². The summed E-state index contributed by atoms with van der Waals surface area (Å²) in [6.07, 6.45) is -1.65. The lowest BCUT2D eigenvalue weighted by molar-refractivity contribution is -0.133. The Morgan fingerprint density at radius 1 is 1.18 bits per heavy atom. The molecule has 1 saturated carbocycles. The van der Waals surface area contributed by atoms with Crippen LogP contribution in [0.5, 0.6) is 0 Å². The van der Waals surface area contributed by atoms with Crippen molar-refractivity contribution in [3.05, 3.63) is 64.9 Å². The maximum atomic E-state index is 14.1. The van der Waals surface area contributed by atoms with Gasteiger partial charge in [-0.15, -0.1) is 0 Å². The molecule has 1 aliphatic carbocycles. The molecule has 3 unspecified atom stereocenters. The fourth-order valence-electron chi connectivity index (χ4n) is 4.24. The highest BCUT2D eigenvalue weighted by Crippen LogP contribution is 2.39. The summed E-state index contributed by atoms with van der Waals surface area (Å²) in [6.45, 7) is 0.188. The Kier molecular flexibility index (Phi) is 6.65. The Morgan fingerprint density at radius 2 is 1.91 bits per heavy atom. The van der Waals surface area contributed by atoms with E-state index in [0.717, 1.165) is 11.0 Å². The Labute approximate surface area is 193 Å². The Bertz CT molecular complexity index is 1050. The fraction of sp³-hybridized carbons (Fsp3) is 0.391. The molecule has 10 heteroatoms. The van der Waals surface area contributed by atoms with E-state index in [-0.39, 0.29) is 29.2 Å². The van der Waals surface area contributed by atoms with Crippen LogP contribution in [-0.2, 0) is 9.59 Å². The SMILES string of the molecule is O=C(NC1CC(F)(F)C1)C(c1ccccc1Cl)N(C(=O)C1CC(O)CN1)c1cccc(F)c1. The van der Waals surface area contributed by atoms with E-state index in [1.165, 1.54) is 18.2 Å². The van der Waals surface area contributed by atoms with Crippen molar-refractivity contribution in [2.75, 3.05) is 11.4 Å². The van der Waals surface area contributed by atoms with Crippen molar-refractivity contribution in [3.8, 4) is 0 Å². The van der Waals surface area contributed by atoms with Gasteiger partial charge in [-0.25, -0.2) is 13.2 Å². The van der Waals surface area contributed by atoms with Crippen molar-refractivity contribution in [3.63, 3.8) is 0 Å². The molecule has 176 valence electrons. The second kappa shape index (κ2) is 9.32. The summed E-state index contributed by atoms with van der Waals surface area (Å²) in [7, 11) is 0. The molecule has 1 aliphatic heterocycles. The van der Waals surface area contributed by atoms with E-state index in [4.69, 9.17) is 11.6 Å². The molecule has 0 aromatic heterocycles. The van der Waals surface area contributed by atoms with E-state index in [1.807, 2.05) is 0 Å². The number of alkyl halides is 2. The van der Waals surface area contributed by atoms with E-state index in [0.29, 0.717) is 0 Å². The zero-order valence-electron chi connectivity index (χ0n) is 17.5. The lowest BCUT2D eigenvalue weighted by atomic mass is 9.87. The third-order valence-corrected chi connectivity index (χ3v) is 6.22. The van der Waals surface area contributed by atoms with Crippen LogP contribution in [0.25, 0.3) is 0 Å². The molecule has 1 heterocycles. The van der Waals surface area contributed by atoms with Gasteiger partial charge in [-0.2, -0.15) is 0 Å². The number of carbonyl (C=O) groups excluding carboxylic acids is 2. The molecule has 0 bridgehead atoms. The number of aliphatic hydroxyl groups is 1. The molecule has 2 fully saturated rings. The van der Waals surface area contributed by atoms with Gasteiger partial charge in [0.05, 0.1) is 12.1 Å². The van der Waals surface area contributed by atoms with Crippen LogP contribution in [0.2, 0.25) is 5.02 Å². The number of β-amino-alcohol motifs (C(OH)–C–C–N with tert-alkyl or cyclic N) is 1. The molecular weight excluding hydrogens is 459 g/mol. The number of aliphatic hydroxyl groups excluding tert-OH is 1. The molecule has 0 spiro atoms. The maximum absolute atomic E-state index is 14.1. The molecule has 2 aromatic rings. The molecule has 0 radical (unpaired) electrons. The van der Waals surface area contributed by atoms with Crippen LogP contribution in [0.1, 0.15) is 30.9 Å². The highest BCUT2D eigenvalue weighted by molar-refractivity contribution is 6.31. The number of anilines is 1. The van der Waals surface area contributed by atoms with Crippen LogP contribution in [0.15, 0.2) is 48.5 Å². The average Bonchev–Trinajstić information content (AvgIpc) is 3.17. The second-order valence-corrected chi connectivity index (χ2v) is 8.84. The summed E-state index contributed by atoms with van der Waals surface area (Å²) in [5.74, 6) is -4.75. The van der Waals surface area contributed by atoms with Gasteiger partial charge >= 0.3 is 0 Å². The number of carbonyl (C=O) groups is 2. The first-order valence-electron chi connectivity index (χ1n) is 10.6. The molecule has 4 rings (SSSR count). The van der Waals surface area contributed by atoms with E-state index in [2.05, 4.69) is 10.6 Å². The van der Waals surface area contributed by atoms with Gasteiger partial charge in [0.15, 0.2) is 0 Å². The summed E-state index contributed by atoms with van der Waals surface area (Å²) >= 11 is 6.38. The van der Waals surface area contributed by atoms with Gasteiger partial charge in [0.2, 0.25) is 11.8 Å². The first-order valence-corrected chi connectivity index (χ1v) is 10.9. The minimum atomic E-state index is -2.85. The van der Waals surface area contributed by atoms with Crippen molar-refractivity contribution in [1.82, 2.24) is 10.6 Å². The number of halogens is 4. The molecular formula is C23H23ClF3N3O3. The maximum Gasteiger partial charge on any atom is 0.252 e. The van der Waals surface area contributed by atoms with Gasteiger partial charge in [0.1, 0.15) is 11.9 Å². The summed E-state index contributed by atoms with van der Waals surface area (Å²) < 4.78 is 40.8. The molecule has 3 N–H and O–H groups in total. The lowest BCUT2D eigenvalue weighted by Gasteiger charge is -2.38. The van der Waals surface area contributed by atoms with Gasteiger partial charge in [0.25, 0.3) is 5.92 Å². The molecule has 1 saturated heterocycles. The van der Waals surface area contributed by atoms with Crippen molar-refractivity contribution < 1.29 is 27.9 Å². The standard InChI is InChI=1S/C23H23ClF3N3O3/c24-18-7-2-1-6-17(18)20(21(32)29-14-10-23(26,27)11-14)30(15-5-3-4-13(25)8-15)22(33)19-9-16(31)12-28-19/h1-8,14,16,19-20,28,31H,9-12H2,(H,29,32). The predicted molar refractivity (Wildman–Crippen MR) is 117 cm³/mol. The molecule has 2 amide bonds. The van der Waals surface area contributed by atoms with Gasteiger partial charge in [-0.3, -0.25) is 14.5 Å². The van der Waals surface area contributed by atoms with E-state index in [1.54, 1.807) is 24.3 Å². The van der Waals surface area contributed by atoms with Crippen molar-refractivity contribution in [2.24, 2.45) is 0 Å². The second-order valence-electron chi connectivity index (χ2n) is 8.43. The van der Waals surface area contributed by atoms with E-state index < -0.39 is 60.6 Å². The zero-order valence-corrected chi connectivity index (χ0v) is 18.2. The topological polar surface area (TPSA) is 81.7 Å². The Hall–Kier alpha value is -2.62. The minimum Gasteiger partial charge on any atom is -0.392 e. The number of nitrogens with one attached hydrogen (secondary N) is 2. The smallest absolute Gasteiger partial charge is 0.252 e. The van der Waals surface area contributed by atoms with Crippen LogP contribution in [-0.4, -0.2) is 47.6 Å². The summed E-state index contributed by atoms with van der Waals surface area (Å²) in [5.41, 5.74) is 0.362. The van der Waals surface area contributed by atoms with Gasteiger partial charge in [-0.05, 0) is 30.7 Å². The quantitative estimate of drug-likeness (QED) is 0.592. The third-order valence-electron chi connectivity index (χ3n) is 5.87. The van der Waals surface area contributed by atoms with Gasteiger partial charge in [-0.1, -0.05) is 35.9 Å². The lowest BCUT2D eigenvalue weighted by Crippen LogP contribution is -2.55. The van der Waals surface area contributed by atoms with Gasteiger partial charge < -0.3 is 15.7 Å². The highest BCUT2D eigenvalue weighted by atomic mass is 35.5.